The molecule has 0 atom stereocenters. The summed E-state index contributed by atoms with van der Waals surface area (Å²) < 4.78 is 15.1. The summed E-state index contributed by atoms with van der Waals surface area (Å²) in [4.78, 5) is 12.9. The van der Waals surface area contributed by atoms with Crippen LogP contribution in [-0.4, -0.2) is 50.7 Å². The number of hydrogen-bond donors (Lipinski definition) is 2. The van der Waals surface area contributed by atoms with Gasteiger partial charge >= 0.3 is 5.97 Å². The fourth-order valence-electron chi connectivity index (χ4n) is 2.93. The predicted octanol–water partition coefficient (Wildman–Crippen LogP) is 4.23. The van der Waals surface area contributed by atoms with Crippen LogP contribution >= 0.6 is 0 Å². The zero-order valence-corrected chi connectivity index (χ0v) is 17.8. The van der Waals surface area contributed by atoms with E-state index in [1.807, 2.05) is 60.7 Å². The molecule has 164 valence electrons. The fourth-order valence-corrected chi connectivity index (χ4v) is 2.93. The molecule has 3 aromatic rings. The maximum atomic E-state index is 10.8. The number of hydrogen-bond acceptors (Lipinski definition) is 6. The van der Waals surface area contributed by atoms with Crippen molar-refractivity contribution in [3.8, 4) is 17.2 Å². The van der Waals surface area contributed by atoms with E-state index < -0.39 is 5.97 Å². The van der Waals surface area contributed by atoms with E-state index in [-0.39, 0.29) is 12.2 Å². The van der Waals surface area contributed by atoms with Crippen LogP contribution in [0.1, 0.15) is 10.4 Å². The average Bonchev–Trinajstić information content (AvgIpc) is 2.82. The Morgan fingerprint density at radius 1 is 0.806 bits per heavy atom. The maximum absolute atomic E-state index is 10.8. The maximum Gasteiger partial charge on any atom is 0.335 e. The van der Waals surface area contributed by atoms with Gasteiger partial charge < -0.3 is 29.3 Å². The normalized spacial score (nSPS) is 9.81. The number of aliphatic hydroxyl groups is 1. The smallest absolute Gasteiger partial charge is 0.335 e. The molecule has 31 heavy (non-hydrogen) atoms. The summed E-state index contributed by atoms with van der Waals surface area (Å²) in [6.45, 7) is 0.748. The Morgan fingerprint density at radius 3 is 1.58 bits per heavy atom. The van der Waals surface area contributed by atoms with Crippen LogP contribution in [0.25, 0.3) is 0 Å². The number of methoxy groups -OCH3 is 3. The summed E-state index contributed by atoms with van der Waals surface area (Å²) in [6.07, 6.45) is 0. The van der Waals surface area contributed by atoms with Gasteiger partial charge in [0.1, 0.15) is 0 Å². The van der Waals surface area contributed by atoms with Gasteiger partial charge in [-0.25, -0.2) is 4.79 Å². The molecule has 7 nitrogen and oxygen atoms in total. The van der Waals surface area contributed by atoms with E-state index in [9.17, 15) is 4.79 Å². The van der Waals surface area contributed by atoms with Crippen molar-refractivity contribution in [2.24, 2.45) is 0 Å². The van der Waals surface area contributed by atoms with Crippen molar-refractivity contribution in [3.05, 3.63) is 78.4 Å². The number of para-hydroxylation sites is 2. The molecule has 0 aromatic heterocycles. The van der Waals surface area contributed by atoms with E-state index in [2.05, 4.69) is 4.90 Å². The third-order valence-electron chi connectivity index (χ3n) is 4.37. The first-order valence-electron chi connectivity index (χ1n) is 9.57. The SMILES string of the molecule is COc1cc(C(=O)O)cc(OC)c1OC.OCCN(c1ccccc1)c1ccccc1. The van der Waals surface area contributed by atoms with Crippen LogP contribution in [-0.2, 0) is 0 Å². The highest BCUT2D eigenvalue weighted by Gasteiger charge is 2.16. The van der Waals surface area contributed by atoms with Gasteiger partial charge in [-0.1, -0.05) is 36.4 Å². The number of carboxylic acid groups (broad SMARTS) is 1. The molecule has 7 heteroatoms. The lowest BCUT2D eigenvalue weighted by Gasteiger charge is -2.23. The van der Waals surface area contributed by atoms with Crippen LogP contribution in [0, 0.1) is 0 Å². The van der Waals surface area contributed by atoms with Crippen molar-refractivity contribution in [3.63, 3.8) is 0 Å². The highest BCUT2D eigenvalue weighted by molar-refractivity contribution is 5.89. The molecular weight excluding hydrogens is 398 g/mol. The standard InChI is InChI=1S/C14H15NO.C10H12O5/c16-12-11-15(13-7-3-1-4-8-13)14-9-5-2-6-10-14;1-13-7-4-6(10(11)12)5-8(14-2)9(7)15-3/h1-10,16H,11-12H2;4-5H,1-3H3,(H,11,12). The third kappa shape index (κ3) is 6.38. The van der Waals surface area contributed by atoms with Crippen molar-refractivity contribution in [1.82, 2.24) is 0 Å². The minimum Gasteiger partial charge on any atom is -0.493 e. The molecule has 0 unspecified atom stereocenters. The summed E-state index contributed by atoms with van der Waals surface area (Å²) in [5.74, 6) is -0.0113. The first-order chi connectivity index (χ1) is 15.0. The lowest BCUT2D eigenvalue weighted by Crippen LogP contribution is -2.20. The van der Waals surface area contributed by atoms with E-state index in [0.29, 0.717) is 23.8 Å². The minimum atomic E-state index is -1.05. The first kappa shape index (κ1) is 23.6. The Kier molecular flexibility index (Phi) is 9.19. The van der Waals surface area contributed by atoms with Gasteiger partial charge in [0.05, 0.1) is 33.5 Å². The first-order valence-corrected chi connectivity index (χ1v) is 9.57. The second-order valence-corrected chi connectivity index (χ2v) is 6.27. The molecule has 2 N–H and O–H groups in total. The molecule has 0 aliphatic carbocycles. The highest BCUT2D eigenvalue weighted by atomic mass is 16.5. The van der Waals surface area contributed by atoms with Crippen LogP contribution in [0.4, 0.5) is 11.4 Å². The summed E-state index contributed by atoms with van der Waals surface area (Å²) >= 11 is 0. The van der Waals surface area contributed by atoms with Crippen LogP contribution < -0.4 is 19.1 Å². The predicted molar refractivity (Wildman–Crippen MR) is 120 cm³/mol. The molecule has 0 aliphatic heterocycles. The van der Waals surface area contributed by atoms with E-state index in [4.69, 9.17) is 24.4 Å². The second-order valence-electron chi connectivity index (χ2n) is 6.27. The highest BCUT2D eigenvalue weighted by Crippen LogP contribution is 2.38. The molecule has 0 radical (unpaired) electrons. The van der Waals surface area contributed by atoms with Crippen molar-refractivity contribution >= 4 is 17.3 Å². The van der Waals surface area contributed by atoms with E-state index in [1.54, 1.807) is 0 Å². The van der Waals surface area contributed by atoms with Gasteiger partial charge in [0.25, 0.3) is 0 Å². The summed E-state index contributed by atoms with van der Waals surface area (Å²) in [5, 5.41) is 18.0. The number of rotatable bonds is 8. The second kappa shape index (κ2) is 12.1. The Hall–Kier alpha value is -3.71. The molecular formula is C24H27NO6. The molecule has 0 saturated carbocycles. The van der Waals surface area contributed by atoms with Crippen LogP contribution in [0.2, 0.25) is 0 Å². The zero-order chi connectivity index (χ0) is 22.6. The van der Waals surface area contributed by atoms with Gasteiger partial charge in [0.2, 0.25) is 5.75 Å². The molecule has 0 heterocycles. The molecule has 3 rings (SSSR count). The van der Waals surface area contributed by atoms with E-state index >= 15 is 0 Å². The van der Waals surface area contributed by atoms with Gasteiger partial charge in [0, 0.05) is 17.9 Å². The van der Waals surface area contributed by atoms with E-state index in [0.717, 1.165) is 11.4 Å². The number of carboxylic acids is 1. The molecule has 0 spiro atoms. The summed E-state index contributed by atoms with van der Waals surface area (Å²) in [6, 6.07) is 22.9. The largest absolute Gasteiger partial charge is 0.493 e. The average molecular weight is 425 g/mol. The number of ether oxygens (including phenoxy) is 3. The Balaban J connectivity index is 0.000000221. The van der Waals surface area contributed by atoms with Crippen molar-refractivity contribution in [1.29, 1.82) is 0 Å². The number of aliphatic hydroxyl groups excluding tert-OH is 1. The van der Waals surface area contributed by atoms with Gasteiger partial charge in [0.15, 0.2) is 11.5 Å². The summed E-state index contributed by atoms with van der Waals surface area (Å²) in [5.41, 5.74) is 2.29. The molecule has 0 amide bonds. The fraction of sp³-hybridized carbons (Fsp3) is 0.208. The van der Waals surface area contributed by atoms with E-state index in [1.165, 1.54) is 33.5 Å². The van der Waals surface area contributed by atoms with Crippen LogP contribution in [0.3, 0.4) is 0 Å². The lowest BCUT2D eigenvalue weighted by molar-refractivity contribution is 0.0696. The van der Waals surface area contributed by atoms with Gasteiger partial charge in [-0.15, -0.1) is 0 Å². The van der Waals surface area contributed by atoms with Crippen molar-refractivity contribution in [2.75, 3.05) is 39.4 Å². The summed E-state index contributed by atoms with van der Waals surface area (Å²) in [7, 11) is 4.33. The molecule has 0 bridgehead atoms. The van der Waals surface area contributed by atoms with Gasteiger partial charge in [-0.05, 0) is 36.4 Å². The van der Waals surface area contributed by atoms with Gasteiger partial charge in [-0.2, -0.15) is 0 Å². The van der Waals surface area contributed by atoms with Crippen LogP contribution in [0.15, 0.2) is 72.8 Å². The number of aromatic carboxylic acids is 1. The third-order valence-corrected chi connectivity index (χ3v) is 4.37. The van der Waals surface area contributed by atoms with Crippen molar-refractivity contribution in [2.45, 2.75) is 0 Å². The molecule has 0 saturated heterocycles. The quantitative estimate of drug-likeness (QED) is 0.558. The lowest BCUT2D eigenvalue weighted by atomic mass is 10.2. The number of nitrogens with zero attached hydrogens (tertiary/aromatic N) is 1. The monoisotopic (exact) mass is 425 g/mol. The molecule has 3 aromatic carbocycles. The Labute approximate surface area is 182 Å². The van der Waals surface area contributed by atoms with Crippen LogP contribution in [0.5, 0.6) is 17.2 Å². The Bertz CT molecular complexity index is 882. The zero-order valence-electron chi connectivity index (χ0n) is 17.8. The Morgan fingerprint density at radius 2 is 1.26 bits per heavy atom. The number of benzene rings is 3. The van der Waals surface area contributed by atoms with Crippen molar-refractivity contribution < 1.29 is 29.2 Å². The molecule has 0 aliphatic rings. The molecule has 0 fully saturated rings. The van der Waals surface area contributed by atoms with Gasteiger partial charge in [-0.3, -0.25) is 0 Å². The number of anilines is 2. The topological polar surface area (TPSA) is 88.5 Å². The number of carbonyl (C=O) groups is 1. The minimum absolute atomic E-state index is 0.0875.